The third kappa shape index (κ3) is 3.10. The number of carbonyl (C=O) groups is 1. The molecule has 3 heteroatoms. The molecule has 0 heterocycles. The molecular weight excluding hydrogens is 132 g/mol. The van der Waals surface area contributed by atoms with E-state index in [4.69, 9.17) is 16.3 Å². The molecule has 3 nitrogen and oxygen atoms in total. The van der Waals surface area contributed by atoms with Crippen molar-refractivity contribution >= 4 is 5.97 Å². The van der Waals surface area contributed by atoms with Gasteiger partial charge in [0.2, 0.25) is 0 Å². The van der Waals surface area contributed by atoms with Crippen LogP contribution >= 0.6 is 0 Å². The summed E-state index contributed by atoms with van der Waals surface area (Å²) in [6, 6.07) is 0. The van der Waals surface area contributed by atoms with Gasteiger partial charge in [-0.25, -0.2) is 4.79 Å². The lowest BCUT2D eigenvalue weighted by Gasteiger charge is -2.07. The van der Waals surface area contributed by atoms with Crippen LogP contribution in [0.3, 0.4) is 0 Å². The normalized spacial score (nSPS) is 12.0. The molecule has 1 N–H and O–H groups in total. The van der Waals surface area contributed by atoms with Crippen LogP contribution in [-0.4, -0.2) is 23.8 Å². The number of carboxylic acid groups (broad SMARTS) is 1. The number of rotatable bonds is 4. The van der Waals surface area contributed by atoms with Crippen LogP contribution < -0.4 is 0 Å². The van der Waals surface area contributed by atoms with Crippen LogP contribution in [0, 0.1) is 12.3 Å². The Kier molecular flexibility index (Phi) is 4.34. The molecule has 56 valence electrons. The van der Waals surface area contributed by atoms with Gasteiger partial charge < -0.3 is 9.84 Å². The molecule has 0 aliphatic heterocycles. The molecule has 0 saturated carbocycles. The monoisotopic (exact) mass is 142 g/mol. The zero-order valence-corrected chi connectivity index (χ0v) is 5.83. The largest absolute Gasteiger partial charge is 0.479 e. The summed E-state index contributed by atoms with van der Waals surface area (Å²) < 4.78 is 4.77. The van der Waals surface area contributed by atoms with E-state index < -0.39 is 12.1 Å². The van der Waals surface area contributed by atoms with Gasteiger partial charge in [-0.3, -0.25) is 0 Å². The van der Waals surface area contributed by atoms with Gasteiger partial charge in [-0.05, 0) is 6.42 Å². The third-order valence-corrected chi connectivity index (χ3v) is 1.01. The van der Waals surface area contributed by atoms with Gasteiger partial charge in [0.15, 0.2) is 6.10 Å². The molecule has 0 aromatic rings. The van der Waals surface area contributed by atoms with E-state index in [1.807, 2.05) is 0 Å². The predicted octanol–water partition coefficient (Wildman–Crippen LogP) is 0.499. The molecule has 0 aliphatic rings. The number of hydrogen-bond donors (Lipinski definition) is 1. The molecule has 0 fully saturated rings. The number of terminal acetylenes is 1. The van der Waals surface area contributed by atoms with Crippen molar-refractivity contribution in [3.8, 4) is 12.3 Å². The smallest absolute Gasteiger partial charge is 0.332 e. The van der Waals surface area contributed by atoms with Crippen LogP contribution in [0.1, 0.15) is 13.3 Å². The topological polar surface area (TPSA) is 46.5 Å². The minimum atomic E-state index is -0.960. The highest BCUT2D eigenvalue weighted by Gasteiger charge is 2.13. The number of hydrogen-bond acceptors (Lipinski definition) is 2. The van der Waals surface area contributed by atoms with Crippen molar-refractivity contribution in [1.82, 2.24) is 0 Å². The molecule has 0 saturated heterocycles. The summed E-state index contributed by atoms with van der Waals surface area (Å²) in [5, 5.41) is 8.41. The van der Waals surface area contributed by atoms with Gasteiger partial charge in [0, 0.05) is 0 Å². The van der Waals surface area contributed by atoms with E-state index in [2.05, 4.69) is 5.92 Å². The Balaban J connectivity index is 3.63. The highest BCUT2D eigenvalue weighted by atomic mass is 16.5. The molecule has 0 radical (unpaired) electrons. The molecule has 0 bridgehead atoms. The molecule has 0 aromatic heterocycles. The van der Waals surface area contributed by atoms with Gasteiger partial charge in [-0.1, -0.05) is 12.8 Å². The quantitative estimate of drug-likeness (QED) is 0.581. The summed E-state index contributed by atoms with van der Waals surface area (Å²) >= 11 is 0. The van der Waals surface area contributed by atoms with Crippen molar-refractivity contribution in [1.29, 1.82) is 0 Å². The van der Waals surface area contributed by atoms with Crippen LogP contribution in [0.5, 0.6) is 0 Å². The van der Waals surface area contributed by atoms with E-state index in [1.165, 1.54) is 0 Å². The van der Waals surface area contributed by atoms with Gasteiger partial charge in [0.1, 0.15) is 6.61 Å². The highest BCUT2D eigenvalue weighted by Crippen LogP contribution is 1.96. The van der Waals surface area contributed by atoms with E-state index in [1.54, 1.807) is 6.92 Å². The first-order valence-electron chi connectivity index (χ1n) is 3.00. The van der Waals surface area contributed by atoms with Crippen LogP contribution in [0.2, 0.25) is 0 Å². The zero-order chi connectivity index (χ0) is 7.98. The first-order valence-corrected chi connectivity index (χ1v) is 3.00. The van der Waals surface area contributed by atoms with Gasteiger partial charge >= 0.3 is 5.97 Å². The fraction of sp³-hybridized carbons (Fsp3) is 0.571. The van der Waals surface area contributed by atoms with Gasteiger partial charge in [0.05, 0.1) is 0 Å². The summed E-state index contributed by atoms with van der Waals surface area (Å²) in [5.74, 6) is 1.24. The molecule has 10 heavy (non-hydrogen) atoms. The second-order valence-corrected chi connectivity index (χ2v) is 1.75. The summed E-state index contributed by atoms with van der Waals surface area (Å²) in [6.45, 7) is 1.79. The minimum absolute atomic E-state index is 0.0603. The van der Waals surface area contributed by atoms with Crippen molar-refractivity contribution < 1.29 is 14.6 Å². The fourth-order valence-corrected chi connectivity index (χ4v) is 0.512. The first-order chi connectivity index (χ1) is 4.72. The van der Waals surface area contributed by atoms with Crippen molar-refractivity contribution in [3.63, 3.8) is 0 Å². The molecule has 0 spiro atoms. The molecule has 0 amide bonds. The third-order valence-electron chi connectivity index (χ3n) is 1.01. The van der Waals surface area contributed by atoms with Crippen LogP contribution in [0.25, 0.3) is 0 Å². The molecule has 0 aliphatic carbocycles. The van der Waals surface area contributed by atoms with Crippen molar-refractivity contribution in [2.24, 2.45) is 0 Å². The standard InChI is InChI=1S/C7H10O3/c1-3-5-10-6(4-2)7(8)9/h1,6H,4-5H2,2H3,(H,8,9). The maximum atomic E-state index is 10.2. The SMILES string of the molecule is C#CCOC(CC)C(=O)O. The second-order valence-electron chi connectivity index (χ2n) is 1.75. The molecule has 1 unspecified atom stereocenters. The fourth-order valence-electron chi connectivity index (χ4n) is 0.512. The van der Waals surface area contributed by atoms with Gasteiger partial charge in [-0.15, -0.1) is 6.42 Å². The molecular formula is C7H10O3. The average Bonchev–Trinajstić information content (AvgIpc) is 1.89. The van der Waals surface area contributed by atoms with Crippen LogP contribution in [0.15, 0.2) is 0 Å². The second kappa shape index (κ2) is 4.83. The van der Waals surface area contributed by atoms with Crippen molar-refractivity contribution in [2.75, 3.05) is 6.61 Å². The Hall–Kier alpha value is -1.01. The molecule has 0 rings (SSSR count). The van der Waals surface area contributed by atoms with Gasteiger partial charge in [0.25, 0.3) is 0 Å². The average molecular weight is 142 g/mol. The first kappa shape index (κ1) is 8.99. The van der Waals surface area contributed by atoms with Crippen molar-refractivity contribution in [3.05, 3.63) is 0 Å². The van der Waals surface area contributed by atoms with Crippen LogP contribution in [0.4, 0.5) is 0 Å². The van der Waals surface area contributed by atoms with E-state index in [-0.39, 0.29) is 6.61 Å². The number of aliphatic carboxylic acids is 1. The summed E-state index contributed by atoms with van der Waals surface area (Å²) in [5.41, 5.74) is 0. The predicted molar refractivity (Wildman–Crippen MR) is 36.5 cm³/mol. The van der Waals surface area contributed by atoms with E-state index in [0.29, 0.717) is 6.42 Å². The van der Waals surface area contributed by atoms with E-state index in [9.17, 15) is 4.79 Å². The van der Waals surface area contributed by atoms with E-state index in [0.717, 1.165) is 0 Å². The Morgan fingerprint density at radius 2 is 2.50 bits per heavy atom. The Morgan fingerprint density at radius 3 is 2.80 bits per heavy atom. The number of ether oxygens (including phenoxy) is 1. The number of carboxylic acids is 1. The summed E-state index contributed by atoms with van der Waals surface area (Å²) in [7, 11) is 0. The Labute approximate surface area is 60.0 Å². The lowest BCUT2D eigenvalue weighted by atomic mass is 10.3. The Bertz CT molecular complexity index is 145. The Morgan fingerprint density at radius 1 is 1.90 bits per heavy atom. The summed E-state index contributed by atoms with van der Waals surface area (Å²) in [4.78, 5) is 10.2. The molecule has 1 atom stereocenters. The van der Waals surface area contributed by atoms with Crippen LogP contribution in [-0.2, 0) is 9.53 Å². The lowest BCUT2D eigenvalue weighted by molar-refractivity contribution is -0.149. The molecule has 0 aromatic carbocycles. The van der Waals surface area contributed by atoms with Gasteiger partial charge in [-0.2, -0.15) is 0 Å². The van der Waals surface area contributed by atoms with Crippen molar-refractivity contribution in [2.45, 2.75) is 19.4 Å². The highest BCUT2D eigenvalue weighted by molar-refractivity contribution is 5.72. The maximum absolute atomic E-state index is 10.2. The maximum Gasteiger partial charge on any atom is 0.332 e. The zero-order valence-electron chi connectivity index (χ0n) is 5.83. The minimum Gasteiger partial charge on any atom is -0.479 e. The van der Waals surface area contributed by atoms with E-state index >= 15 is 0 Å². The summed E-state index contributed by atoms with van der Waals surface area (Å²) in [6.07, 6.45) is 4.55. The lowest BCUT2D eigenvalue weighted by Crippen LogP contribution is -2.22.